The highest BCUT2D eigenvalue weighted by Crippen LogP contribution is 2.46. The molecule has 2 aromatic rings. The van der Waals surface area contributed by atoms with Crippen molar-refractivity contribution in [3.63, 3.8) is 0 Å². The number of rotatable bonds is 5. The van der Waals surface area contributed by atoms with Crippen molar-refractivity contribution in [2.24, 2.45) is 0 Å². The fourth-order valence-corrected chi connectivity index (χ4v) is 10.7. The summed E-state index contributed by atoms with van der Waals surface area (Å²) in [7, 11) is -3.81. The average molecular weight is 602 g/mol. The molecular formula is C29H39N5O5S2. The summed E-state index contributed by atoms with van der Waals surface area (Å²) >= 11 is 1.02. The fraction of sp³-hybridized carbons (Fsp3) is 0.621. The first kappa shape index (κ1) is 28.6. The maximum Gasteiger partial charge on any atom is 0.410 e. The van der Waals surface area contributed by atoms with Crippen LogP contribution in [0.2, 0.25) is 0 Å². The van der Waals surface area contributed by atoms with Crippen molar-refractivity contribution in [3.05, 3.63) is 41.1 Å². The maximum atomic E-state index is 14.0. The van der Waals surface area contributed by atoms with Crippen molar-refractivity contribution in [2.75, 3.05) is 31.6 Å². The lowest BCUT2D eigenvalue weighted by molar-refractivity contribution is -0.114. The fourth-order valence-electron chi connectivity index (χ4n) is 7.64. The number of amides is 2. The van der Waals surface area contributed by atoms with Crippen LogP contribution in [0.15, 0.2) is 28.5 Å². The third-order valence-corrected chi connectivity index (χ3v) is 12.9. The molecule has 0 aliphatic carbocycles. The third kappa shape index (κ3) is 5.17. The first-order valence-electron chi connectivity index (χ1n) is 14.6. The zero-order chi connectivity index (χ0) is 28.9. The van der Waals surface area contributed by atoms with E-state index in [9.17, 15) is 18.0 Å². The van der Waals surface area contributed by atoms with E-state index in [4.69, 9.17) is 4.74 Å². The van der Waals surface area contributed by atoms with Crippen LogP contribution in [0.3, 0.4) is 0 Å². The standard InChI is InChI=1S/C29H39N5O5S2/c1-4-39-28(36)34-22-9-10-23(34)16-24(15-22)32-13-11-29(12-14-32)18-33(17-21-7-5-6-8-25(21)29)41(37,38)26-19(2)30-27(40-26)31-20(3)35/h5-8,22-24H,4,9-18H2,1-3H3,(H,30,31,35). The number of piperidine rings is 2. The lowest BCUT2D eigenvalue weighted by Gasteiger charge is -2.51. The molecular weight excluding hydrogens is 562 g/mol. The predicted molar refractivity (Wildman–Crippen MR) is 156 cm³/mol. The van der Waals surface area contributed by atoms with Crippen LogP contribution in [0.4, 0.5) is 9.93 Å². The highest BCUT2D eigenvalue weighted by atomic mass is 32.2. The molecule has 12 heteroatoms. The monoisotopic (exact) mass is 601 g/mol. The number of sulfonamides is 1. The number of benzene rings is 1. The number of likely N-dealkylation sites (tertiary alicyclic amines) is 1. The van der Waals surface area contributed by atoms with Crippen LogP contribution in [-0.4, -0.2) is 83.9 Å². The second kappa shape index (κ2) is 10.9. The molecule has 3 saturated heterocycles. The number of ether oxygens (including phenoxy) is 1. The number of hydrogen-bond donors (Lipinski definition) is 1. The number of aryl methyl sites for hydroxylation is 1. The van der Waals surface area contributed by atoms with Crippen molar-refractivity contribution in [1.82, 2.24) is 19.1 Å². The van der Waals surface area contributed by atoms with Gasteiger partial charge in [0.15, 0.2) is 9.34 Å². The van der Waals surface area contributed by atoms with Crippen LogP contribution in [-0.2, 0) is 31.5 Å². The maximum absolute atomic E-state index is 14.0. The second-order valence-electron chi connectivity index (χ2n) is 11.9. The lowest BCUT2D eigenvalue weighted by atomic mass is 9.69. The van der Waals surface area contributed by atoms with E-state index in [0.29, 0.717) is 36.6 Å². The first-order valence-corrected chi connectivity index (χ1v) is 16.9. The van der Waals surface area contributed by atoms with Crippen LogP contribution in [0, 0.1) is 6.92 Å². The second-order valence-corrected chi connectivity index (χ2v) is 15.1. The molecule has 1 aromatic carbocycles. The Hall–Kier alpha value is -2.54. The number of aromatic nitrogens is 1. The number of nitrogens with zero attached hydrogens (tertiary/aromatic N) is 4. The van der Waals surface area contributed by atoms with Crippen LogP contribution in [0.1, 0.15) is 69.2 Å². The first-order chi connectivity index (χ1) is 19.6. The SMILES string of the molecule is CCOC(=O)N1C2CCC1CC(N1CCC3(CC1)CN(S(=O)(=O)c1sc(NC(C)=O)nc1C)Cc1ccccc13)C2. The molecule has 2 unspecified atom stereocenters. The van der Waals surface area contributed by atoms with Crippen molar-refractivity contribution in [3.8, 4) is 0 Å². The van der Waals surface area contributed by atoms with Gasteiger partial charge in [0.1, 0.15) is 0 Å². The van der Waals surface area contributed by atoms with Gasteiger partial charge in [-0.2, -0.15) is 4.31 Å². The molecule has 5 heterocycles. The van der Waals surface area contributed by atoms with Crippen molar-refractivity contribution >= 4 is 38.5 Å². The normalized spacial score (nSPS) is 26.1. The smallest absolute Gasteiger partial charge is 0.410 e. The van der Waals surface area contributed by atoms with Crippen LogP contribution in [0.5, 0.6) is 0 Å². The summed E-state index contributed by atoms with van der Waals surface area (Å²) in [6, 6.07) is 9.20. The number of anilines is 1. The lowest BCUT2D eigenvalue weighted by Crippen LogP contribution is -2.57. The van der Waals surface area contributed by atoms with E-state index in [2.05, 4.69) is 33.4 Å². The molecule has 2 atom stereocenters. The van der Waals surface area contributed by atoms with Gasteiger partial charge < -0.3 is 19.9 Å². The molecule has 1 aromatic heterocycles. The highest BCUT2D eigenvalue weighted by Gasteiger charge is 2.49. The summed E-state index contributed by atoms with van der Waals surface area (Å²) in [5.41, 5.74) is 2.47. The van der Waals surface area contributed by atoms with E-state index in [-0.39, 0.29) is 33.7 Å². The molecule has 10 nitrogen and oxygen atoms in total. The molecule has 2 bridgehead atoms. The minimum Gasteiger partial charge on any atom is -0.450 e. The van der Waals surface area contributed by atoms with Crippen LogP contribution >= 0.6 is 11.3 Å². The molecule has 222 valence electrons. The summed E-state index contributed by atoms with van der Waals surface area (Å²) in [4.78, 5) is 33.0. The van der Waals surface area contributed by atoms with Crippen molar-refractivity contribution in [1.29, 1.82) is 0 Å². The molecule has 6 rings (SSSR count). The molecule has 1 spiro atoms. The van der Waals surface area contributed by atoms with E-state index < -0.39 is 10.0 Å². The summed E-state index contributed by atoms with van der Waals surface area (Å²) < 4.78 is 35.2. The van der Waals surface area contributed by atoms with Gasteiger partial charge in [0, 0.05) is 43.6 Å². The Kier molecular flexibility index (Phi) is 7.63. The number of carbonyl (C=O) groups excluding carboxylic acids is 2. The third-order valence-electron chi connectivity index (χ3n) is 9.48. The Morgan fingerprint density at radius 1 is 1.12 bits per heavy atom. The van der Waals surface area contributed by atoms with Gasteiger partial charge in [0.2, 0.25) is 5.91 Å². The van der Waals surface area contributed by atoms with E-state index >= 15 is 0 Å². The van der Waals surface area contributed by atoms with Gasteiger partial charge in [-0.25, -0.2) is 18.2 Å². The number of nitrogens with one attached hydrogen (secondary N) is 1. The van der Waals surface area contributed by atoms with Gasteiger partial charge in [-0.3, -0.25) is 4.79 Å². The van der Waals surface area contributed by atoms with Crippen LogP contribution in [0.25, 0.3) is 0 Å². The van der Waals surface area contributed by atoms with Gasteiger partial charge in [0.05, 0.1) is 12.3 Å². The van der Waals surface area contributed by atoms with Gasteiger partial charge in [-0.1, -0.05) is 35.6 Å². The Morgan fingerprint density at radius 2 is 1.80 bits per heavy atom. The van der Waals surface area contributed by atoms with Crippen molar-refractivity contribution in [2.45, 2.75) is 93.6 Å². The van der Waals surface area contributed by atoms with Gasteiger partial charge in [-0.05, 0) is 76.6 Å². The Balaban J connectivity index is 1.20. The van der Waals surface area contributed by atoms with Crippen molar-refractivity contribution < 1.29 is 22.7 Å². The molecule has 0 radical (unpaired) electrons. The molecule has 2 amide bonds. The highest BCUT2D eigenvalue weighted by molar-refractivity contribution is 7.91. The Labute approximate surface area is 246 Å². The summed E-state index contributed by atoms with van der Waals surface area (Å²) in [5, 5.41) is 2.93. The molecule has 41 heavy (non-hydrogen) atoms. The molecule has 0 saturated carbocycles. The van der Waals surface area contributed by atoms with Crippen LogP contribution < -0.4 is 5.32 Å². The van der Waals surface area contributed by atoms with E-state index in [0.717, 1.165) is 68.5 Å². The quantitative estimate of drug-likeness (QED) is 0.549. The summed E-state index contributed by atoms with van der Waals surface area (Å²) in [6.07, 6.45) is 5.61. The number of hydrogen-bond acceptors (Lipinski definition) is 8. The van der Waals surface area contributed by atoms with E-state index in [1.807, 2.05) is 17.9 Å². The van der Waals surface area contributed by atoms with E-state index in [1.165, 1.54) is 12.5 Å². The average Bonchev–Trinajstić information content (AvgIpc) is 3.44. The number of thiazole rings is 1. The molecule has 3 fully saturated rings. The van der Waals surface area contributed by atoms with Gasteiger partial charge in [0.25, 0.3) is 10.0 Å². The minimum absolute atomic E-state index is 0.170. The topological polar surface area (TPSA) is 112 Å². The largest absolute Gasteiger partial charge is 0.450 e. The minimum atomic E-state index is -3.81. The summed E-state index contributed by atoms with van der Waals surface area (Å²) in [6.45, 7) is 7.88. The van der Waals surface area contributed by atoms with Gasteiger partial charge in [-0.15, -0.1) is 0 Å². The Morgan fingerprint density at radius 3 is 2.46 bits per heavy atom. The Bertz CT molecular complexity index is 1420. The molecule has 4 aliphatic rings. The zero-order valence-electron chi connectivity index (χ0n) is 24.0. The van der Waals surface area contributed by atoms with E-state index in [1.54, 1.807) is 11.2 Å². The predicted octanol–water partition coefficient (Wildman–Crippen LogP) is 4.10. The summed E-state index contributed by atoms with van der Waals surface area (Å²) in [5.74, 6) is -0.278. The number of fused-ring (bicyclic) bond motifs is 4. The van der Waals surface area contributed by atoms with Gasteiger partial charge >= 0.3 is 6.09 Å². The molecule has 1 N–H and O–H groups in total. The zero-order valence-corrected chi connectivity index (χ0v) is 25.6. The number of carbonyl (C=O) groups is 2. The molecule has 4 aliphatic heterocycles.